The topological polar surface area (TPSA) is 94.8 Å². The monoisotopic (exact) mass is 602 g/mol. The quantitative estimate of drug-likeness (QED) is 0.232. The molecule has 0 unspecified atom stereocenters. The van der Waals surface area contributed by atoms with Crippen molar-refractivity contribution in [2.45, 2.75) is 112 Å². The number of aliphatic carboxylic acids is 1. The first-order valence-corrected chi connectivity index (χ1v) is 17.2. The molecule has 6 rings (SSSR count). The second-order valence-electron chi connectivity index (χ2n) is 16.8. The number of aliphatic hydroxyl groups excluding tert-OH is 1. The SMILES string of the molecule is C[C@H]1[C@H](C)CC[C@]2(C(=O)O)CC[C@]3(CC(=O)/C=C\c4ccc(O)cc4)C(=CC[C@@H]4[C@@]5(C)CC[C@H](O)C(C)(C)[C@@H]5CC[C@]43C)[C@H]12. The summed E-state index contributed by atoms with van der Waals surface area (Å²) in [4.78, 5) is 27.3. The third kappa shape index (κ3) is 4.34. The van der Waals surface area contributed by atoms with Crippen molar-refractivity contribution >= 4 is 17.8 Å². The van der Waals surface area contributed by atoms with Gasteiger partial charge in [-0.25, -0.2) is 0 Å². The van der Waals surface area contributed by atoms with Gasteiger partial charge in [-0.2, -0.15) is 0 Å². The summed E-state index contributed by atoms with van der Waals surface area (Å²) < 4.78 is 0. The molecule has 0 amide bonds. The molecule has 3 N–H and O–H groups in total. The molecule has 1 aromatic carbocycles. The first-order chi connectivity index (χ1) is 20.6. The molecule has 240 valence electrons. The molecule has 5 aliphatic carbocycles. The Kier molecular flexibility index (Phi) is 7.59. The van der Waals surface area contributed by atoms with E-state index in [-0.39, 0.29) is 45.7 Å². The zero-order valence-corrected chi connectivity index (χ0v) is 27.7. The van der Waals surface area contributed by atoms with E-state index in [9.17, 15) is 24.9 Å². The van der Waals surface area contributed by atoms with Crippen LogP contribution >= 0.6 is 0 Å². The Morgan fingerprint density at radius 2 is 1.61 bits per heavy atom. The molecule has 44 heavy (non-hydrogen) atoms. The van der Waals surface area contributed by atoms with E-state index >= 15 is 0 Å². The lowest BCUT2D eigenvalue weighted by molar-refractivity contribution is -0.210. The van der Waals surface area contributed by atoms with Crippen LogP contribution in [0.4, 0.5) is 0 Å². The van der Waals surface area contributed by atoms with Gasteiger partial charge in [0.2, 0.25) is 0 Å². The Morgan fingerprint density at radius 1 is 0.909 bits per heavy atom. The summed E-state index contributed by atoms with van der Waals surface area (Å²) in [5.74, 6) is 1.04. The van der Waals surface area contributed by atoms with Crippen LogP contribution < -0.4 is 0 Å². The van der Waals surface area contributed by atoms with E-state index in [0.29, 0.717) is 37.0 Å². The van der Waals surface area contributed by atoms with Gasteiger partial charge in [-0.3, -0.25) is 9.59 Å². The van der Waals surface area contributed by atoms with Gasteiger partial charge in [-0.1, -0.05) is 71.4 Å². The standard InChI is InChI=1S/C39H54O5/c1-24-15-20-38(34(43)44)21-22-39(23-28(41)12-9-26-7-10-27(40)11-8-26)29(33(38)25(24)2)13-14-31-36(5)18-17-32(42)35(3,4)30(36)16-19-37(31,39)6/h7-13,24-25,30-33,40,42H,14-23H2,1-6H3,(H,43,44)/b12-9-/t24-,25+,30+,31-,32+,33+,36+,37-,38+,39+/m1/s1. The molecule has 0 radical (unpaired) electrons. The molecule has 0 heterocycles. The van der Waals surface area contributed by atoms with E-state index in [1.54, 1.807) is 18.2 Å². The van der Waals surface area contributed by atoms with Crippen LogP contribution in [0.2, 0.25) is 0 Å². The normalized spacial score (nSPS) is 44.5. The molecule has 10 atom stereocenters. The number of ketones is 1. The summed E-state index contributed by atoms with van der Waals surface area (Å²) >= 11 is 0. The van der Waals surface area contributed by atoms with E-state index in [1.165, 1.54) is 5.57 Å². The number of hydrogen-bond donors (Lipinski definition) is 3. The maximum Gasteiger partial charge on any atom is 0.310 e. The predicted molar refractivity (Wildman–Crippen MR) is 174 cm³/mol. The largest absolute Gasteiger partial charge is 0.508 e. The molecule has 4 saturated carbocycles. The number of carbonyl (C=O) groups is 2. The molecule has 0 bridgehead atoms. The molecule has 5 nitrogen and oxygen atoms in total. The Balaban J connectivity index is 1.47. The third-order valence-electron chi connectivity index (χ3n) is 14.9. The second kappa shape index (κ2) is 10.6. The summed E-state index contributed by atoms with van der Waals surface area (Å²) in [6, 6.07) is 6.90. The van der Waals surface area contributed by atoms with Gasteiger partial charge in [-0.05, 0) is 127 Å². The lowest BCUT2D eigenvalue weighted by atomic mass is 9.32. The predicted octanol–water partition coefficient (Wildman–Crippen LogP) is 8.45. The summed E-state index contributed by atoms with van der Waals surface area (Å²) in [7, 11) is 0. The summed E-state index contributed by atoms with van der Waals surface area (Å²) in [5.41, 5.74) is 0.745. The maximum absolute atomic E-state index is 14.1. The number of benzene rings is 1. The fraction of sp³-hybridized carbons (Fsp3) is 0.692. The fourth-order valence-electron chi connectivity index (χ4n) is 12.2. The first kappa shape index (κ1) is 31.6. The molecule has 4 fully saturated rings. The van der Waals surface area contributed by atoms with Gasteiger partial charge in [-0.15, -0.1) is 0 Å². The Bertz CT molecular complexity index is 1370. The van der Waals surface area contributed by atoms with Crippen LogP contribution in [0.15, 0.2) is 42.0 Å². The molecule has 5 heteroatoms. The van der Waals surface area contributed by atoms with Gasteiger partial charge >= 0.3 is 5.97 Å². The van der Waals surface area contributed by atoms with Gasteiger partial charge < -0.3 is 15.3 Å². The molecular weight excluding hydrogens is 548 g/mol. The van der Waals surface area contributed by atoms with Crippen molar-refractivity contribution in [3.05, 3.63) is 47.6 Å². The minimum absolute atomic E-state index is 0.0441. The van der Waals surface area contributed by atoms with E-state index in [4.69, 9.17) is 0 Å². The van der Waals surface area contributed by atoms with Crippen LogP contribution in [0, 0.1) is 56.7 Å². The summed E-state index contributed by atoms with van der Waals surface area (Å²) in [6.45, 7) is 14.0. The minimum Gasteiger partial charge on any atom is -0.508 e. The Labute approximate surface area is 264 Å². The Morgan fingerprint density at radius 3 is 2.30 bits per heavy atom. The number of carboxylic acids is 1. The highest BCUT2D eigenvalue weighted by Gasteiger charge is 2.70. The van der Waals surface area contributed by atoms with Crippen LogP contribution in [0.3, 0.4) is 0 Å². The zero-order chi connectivity index (χ0) is 31.9. The highest BCUT2D eigenvalue weighted by molar-refractivity contribution is 5.94. The lowest BCUT2D eigenvalue weighted by Gasteiger charge is -2.71. The van der Waals surface area contributed by atoms with E-state index < -0.39 is 16.8 Å². The lowest BCUT2D eigenvalue weighted by Crippen LogP contribution is -2.66. The number of hydrogen-bond acceptors (Lipinski definition) is 4. The van der Waals surface area contributed by atoms with Gasteiger partial charge in [0, 0.05) is 11.8 Å². The van der Waals surface area contributed by atoms with Crippen molar-refractivity contribution in [3.63, 3.8) is 0 Å². The molecule has 0 aromatic heterocycles. The number of allylic oxidation sites excluding steroid dienone is 3. The smallest absolute Gasteiger partial charge is 0.310 e. The molecule has 0 aliphatic heterocycles. The average molecular weight is 603 g/mol. The van der Waals surface area contributed by atoms with Crippen LogP contribution in [0.25, 0.3) is 6.08 Å². The van der Waals surface area contributed by atoms with Gasteiger partial charge in [0.05, 0.1) is 11.5 Å². The van der Waals surface area contributed by atoms with Gasteiger partial charge in [0.1, 0.15) is 5.75 Å². The first-order valence-electron chi connectivity index (χ1n) is 17.2. The number of rotatable bonds is 5. The summed E-state index contributed by atoms with van der Waals surface area (Å²) in [6.07, 6.45) is 13.9. The molecule has 5 aliphatic rings. The van der Waals surface area contributed by atoms with Crippen molar-refractivity contribution in [1.29, 1.82) is 0 Å². The third-order valence-corrected chi connectivity index (χ3v) is 14.9. The number of carbonyl (C=O) groups excluding carboxylic acids is 1. The minimum atomic E-state index is -0.757. The number of phenolic OH excluding ortho intramolecular Hbond substituents is 1. The molecule has 0 saturated heterocycles. The number of aliphatic hydroxyl groups is 1. The van der Waals surface area contributed by atoms with Crippen molar-refractivity contribution in [2.75, 3.05) is 0 Å². The van der Waals surface area contributed by atoms with Crippen LogP contribution in [0.1, 0.15) is 111 Å². The maximum atomic E-state index is 14.1. The summed E-state index contributed by atoms with van der Waals surface area (Å²) in [5, 5.41) is 31.7. The molecule has 0 spiro atoms. The van der Waals surface area contributed by atoms with Crippen LogP contribution in [0.5, 0.6) is 5.75 Å². The number of fused-ring (bicyclic) bond motifs is 7. The van der Waals surface area contributed by atoms with E-state index in [2.05, 4.69) is 47.6 Å². The Hall–Kier alpha value is -2.40. The van der Waals surface area contributed by atoms with Crippen LogP contribution in [-0.2, 0) is 9.59 Å². The van der Waals surface area contributed by atoms with Crippen molar-refractivity contribution in [2.24, 2.45) is 56.7 Å². The highest BCUT2D eigenvalue weighted by Crippen LogP contribution is 2.76. The number of carboxylic acid groups (broad SMARTS) is 1. The molecular formula is C39H54O5. The van der Waals surface area contributed by atoms with E-state index in [0.717, 1.165) is 50.5 Å². The fourth-order valence-corrected chi connectivity index (χ4v) is 12.2. The van der Waals surface area contributed by atoms with Gasteiger partial charge in [0.15, 0.2) is 5.78 Å². The average Bonchev–Trinajstić information content (AvgIpc) is 2.97. The number of phenols is 1. The van der Waals surface area contributed by atoms with Crippen molar-refractivity contribution in [3.8, 4) is 5.75 Å². The molecule has 1 aromatic rings. The van der Waals surface area contributed by atoms with Crippen LogP contribution in [-0.4, -0.2) is 33.2 Å². The van der Waals surface area contributed by atoms with Gasteiger partial charge in [0.25, 0.3) is 0 Å². The highest BCUT2D eigenvalue weighted by atomic mass is 16.4. The number of aromatic hydroxyl groups is 1. The van der Waals surface area contributed by atoms with E-state index in [1.807, 2.05) is 18.2 Å². The van der Waals surface area contributed by atoms with Crippen molar-refractivity contribution < 1.29 is 24.9 Å². The van der Waals surface area contributed by atoms with Crippen molar-refractivity contribution in [1.82, 2.24) is 0 Å². The zero-order valence-electron chi connectivity index (χ0n) is 27.7. The second-order valence-corrected chi connectivity index (χ2v) is 16.8.